The summed E-state index contributed by atoms with van der Waals surface area (Å²) in [6.45, 7) is 2.33. The van der Waals surface area contributed by atoms with Crippen LogP contribution in [-0.4, -0.2) is 43.3 Å². The van der Waals surface area contributed by atoms with Crippen molar-refractivity contribution in [2.75, 3.05) is 26.3 Å². The van der Waals surface area contributed by atoms with Gasteiger partial charge in [-0.25, -0.2) is 8.78 Å². The molecule has 2 aromatic rings. The second-order valence-electron chi connectivity index (χ2n) is 6.92. The molecule has 0 aromatic heterocycles. The molecule has 0 radical (unpaired) electrons. The number of hydrogen-bond donors (Lipinski definition) is 0. The van der Waals surface area contributed by atoms with Crippen LogP contribution >= 0.6 is 0 Å². The molecular formula is C22H25F2NO3. The van der Waals surface area contributed by atoms with E-state index in [4.69, 9.17) is 9.47 Å². The zero-order valence-electron chi connectivity index (χ0n) is 15.8. The van der Waals surface area contributed by atoms with Crippen molar-refractivity contribution in [2.45, 2.75) is 32.1 Å². The molecule has 1 heterocycles. The highest BCUT2D eigenvalue weighted by atomic mass is 19.2. The largest absolute Gasteiger partial charge is 0.353 e. The van der Waals surface area contributed by atoms with Crippen molar-refractivity contribution < 1.29 is 23.0 Å². The van der Waals surface area contributed by atoms with Gasteiger partial charge in [0.2, 0.25) is 0 Å². The molecule has 150 valence electrons. The van der Waals surface area contributed by atoms with Gasteiger partial charge in [0.05, 0.1) is 13.2 Å². The lowest BCUT2D eigenvalue weighted by atomic mass is 10.1. The van der Waals surface area contributed by atoms with E-state index in [1.807, 2.05) is 35.2 Å². The summed E-state index contributed by atoms with van der Waals surface area (Å²) in [4.78, 5) is 14.5. The van der Waals surface area contributed by atoms with Gasteiger partial charge in [-0.05, 0) is 43.0 Å². The monoisotopic (exact) mass is 389 g/mol. The molecule has 0 bridgehead atoms. The van der Waals surface area contributed by atoms with Crippen LogP contribution < -0.4 is 0 Å². The summed E-state index contributed by atoms with van der Waals surface area (Å²) in [7, 11) is 0. The van der Waals surface area contributed by atoms with Crippen LogP contribution in [0, 0.1) is 11.6 Å². The number of ether oxygens (including phenoxy) is 2. The lowest BCUT2D eigenvalue weighted by Gasteiger charge is -2.26. The van der Waals surface area contributed by atoms with Crippen molar-refractivity contribution in [2.24, 2.45) is 0 Å². The first-order chi connectivity index (χ1) is 13.6. The van der Waals surface area contributed by atoms with Crippen LogP contribution in [0.4, 0.5) is 8.78 Å². The summed E-state index contributed by atoms with van der Waals surface area (Å²) in [6.07, 6.45) is 2.84. The highest BCUT2D eigenvalue weighted by Gasteiger charge is 2.17. The van der Waals surface area contributed by atoms with Crippen molar-refractivity contribution >= 4 is 5.78 Å². The fourth-order valence-corrected chi connectivity index (χ4v) is 3.18. The van der Waals surface area contributed by atoms with E-state index >= 15 is 0 Å². The Hall–Kier alpha value is -2.15. The molecule has 1 unspecified atom stereocenters. The van der Waals surface area contributed by atoms with Crippen LogP contribution in [0.3, 0.4) is 0 Å². The molecule has 1 aliphatic rings. The maximum absolute atomic E-state index is 13.5. The van der Waals surface area contributed by atoms with E-state index in [1.54, 1.807) is 0 Å². The molecule has 1 saturated heterocycles. The van der Waals surface area contributed by atoms with Gasteiger partial charge in [0.25, 0.3) is 0 Å². The standard InChI is InChI=1S/C22H25F2NO3/c23-19-10-9-18(14-20(19)24)21(26)16-25(15-17-6-2-1-3-7-17)11-13-28-22-8-4-5-12-27-22/h1-3,6-7,9-10,14,22H,4-5,8,11-13,15-16H2. The number of hydrogen-bond acceptors (Lipinski definition) is 4. The normalized spacial score (nSPS) is 17.0. The molecule has 2 aromatic carbocycles. The molecule has 1 fully saturated rings. The number of halogens is 2. The third-order valence-corrected chi connectivity index (χ3v) is 4.71. The number of carbonyl (C=O) groups excluding carboxylic acids is 1. The van der Waals surface area contributed by atoms with Crippen molar-refractivity contribution in [1.29, 1.82) is 0 Å². The number of nitrogens with zero attached hydrogens (tertiary/aromatic N) is 1. The SMILES string of the molecule is O=C(CN(CCOC1CCCCO1)Cc1ccccc1)c1ccc(F)c(F)c1. The Morgan fingerprint density at radius 1 is 1.11 bits per heavy atom. The molecule has 3 rings (SSSR count). The average molecular weight is 389 g/mol. The second kappa shape index (κ2) is 10.4. The zero-order chi connectivity index (χ0) is 19.8. The average Bonchev–Trinajstić information content (AvgIpc) is 2.71. The van der Waals surface area contributed by atoms with E-state index in [1.165, 1.54) is 6.07 Å². The molecule has 4 nitrogen and oxygen atoms in total. The number of rotatable bonds is 9. The van der Waals surface area contributed by atoms with Gasteiger partial charge in [-0.15, -0.1) is 0 Å². The quantitative estimate of drug-likeness (QED) is 0.603. The Balaban J connectivity index is 1.60. The summed E-state index contributed by atoms with van der Waals surface area (Å²) in [5.74, 6) is -2.24. The molecule has 6 heteroatoms. The van der Waals surface area contributed by atoms with Crippen LogP contribution in [-0.2, 0) is 16.0 Å². The molecule has 0 N–H and O–H groups in total. The van der Waals surface area contributed by atoms with Crippen molar-refractivity contribution in [1.82, 2.24) is 4.90 Å². The predicted molar refractivity (Wildman–Crippen MR) is 102 cm³/mol. The minimum absolute atomic E-state index is 0.0921. The third-order valence-electron chi connectivity index (χ3n) is 4.71. The molecule has 1 atom stereocenters. The minimum Gasteiger partial charge on any atom is -0.353 e. The van der Waals surface area contributed by atoms with Gasteiger partial charge < -0.3 is 9.47 Å². The minimum atomic E-state index is -1.02. The Bertz CT molecular complexity index is 764. The van der Waals surface area contributed by atoms with Crippen LogP contribution in [0.2, 0.25) is 0 Å². The summed E-state index contributed by atoms with van der Waals surface area (Å²) < 4.78 is 37.9. The first kappa shape index (κ1) is 20.6. The second-order valence-corrected chi connectivity index (χ2v) is 6.92. The highest BCUT2D eigenvalue weighted by Crippen LogP contribution is 2.15. The summed E-state index contributed by atoms with van der Waals surface area (Å²) in [6, 6.07) is 13.0. The van der Waals surface area contributed by atoms with E-state index in [9.17, 15) is 13.6 Å². The van der Waals surface area contributed by atoms with Crippen LogP contribution in [0.5, 0.6) is 0 Å². The number of benzene rings is 2. The molecule has 28 heavy (non-hydrogen) atoms. The topological polar surface area (TPSA) is 38.8 Å². The van der Waals surface area contributed by atoms with Gasteiger partial charge in [-0.2, -0.15) is 0 Å². The smallest absolute Gasteiger partial charge is 0.176 e. The molecular weight excluding hydrogens is 364 g/mol. The van der Waals surface area contributed by atoms with E-state index in [0.717, 1.165) is 37.0 Å². The maximum atomic E-state index is 13.5. The van der Waals surface area contributed by atoms with Gasteiger partial charge in [0, 0.05) is 25.3 Å². The maximum Gasteiger partial charge on any atom is 0.176 e. The van der Waals surface area contributed by atoms with E-state index in [0.29, 0.717) is 26.3 Å². The Labute approximate surface area is 164 Å². The Kier molecular flexibility index (Phi) is 7.65. The van der Waals surface area contributed by atoms with Gasteiger partial charge >= 0.3 is 0 Å². The third kappa shape index (κ3) is 6.19. The zero-order valence-corrected chi connectivity index (χ0v) is 15.8. The van der Waals surface area contributed by atoms with Gasteiger partial charge in [-0.1, -0.05) is 30.3 Å². The van der Waals surface area contributed by atoms with Crippen LogP contribution in [0.15, 0.2) is 48.5 Å². The van der Waals surface area contributed by atoms with Gasteiger partial charge in [0.15, 0.2) is 23.7 Å². The molecule has 0 amide bonds. The Morgan fingerprint density at radius 3 is 2.64 bits per heavy atom. The number of carbonyl (C=O) groups is 1. The lowest BCUT2D eigenvalue weighted by Crippen LogP contribution is -2.34. The van der Waals surface area contributed by atoms with E-state index in [-0.39, 0.29) is 24.2 Å². The molecule has 1 aliphatic heterocycles. The van der Waals surface area contributed by atoms with Crippen molar-refractivity contribution in [3.05, 3.63) is 71.3 Å². The van der Waals surface area contributed by atoms with E-state index in [2.05, 4.69) is 0 Å². The first-order valence-corrected chi connectivity index (χ1v) is 9.59. The first-order valence-electron chi connectivity index (χ1n) is 9.59. The van der Waals surface area contributed by atoms with Gasteiger partial charge in [-0.3, -0.25) is 9.69 Å². The lowest BCUT2D eigenvalue weighted by molar-refractivity contribution is -0.164. The fraction of sp³-hybridized carbons (Fsp3) is 0.409. The molecule has 0 spiro atoms. The van der Waals surface area contributed by atoms with Gasteiger partial charge in [0.1, 0.15) is 0 Å². The van der Waals surface area contributed by atoms with Crippen LogP contribution in [0.1, 0.15) is 35.2 Å². The van der Waals surface area contributed by atoms with E-state index < -0.39 is 11.6 Å². The molecule has 0 aliphatic carbocycles. The predicted octanol–water partition coefficient (Wildman–Crippen LogP) is 4.19. The van der Waals surface area contributed by atoms with Crippen molar-refractivity contribution in [3.8, 4) is 0 Å². The van der Waals surface area contributed by atoms with Crippen LogP contribution in [0.25, 0.3) is 0 Å². The summed E-state index contributed by atoms with van der Waals surface area (Å²) in [5, 5.41) is 0. The summed E-state index contributed by atoms with van der Waals surface area (Å²) >= 11 is 0. The Morgan fingerprint density at radius 2 is 1.93 bits per heavy atom. The number of Topliss-reactive ketones (excluding diaryl/α,β-unsaturated/α-hetero) is 1. The molecule has 0 saturated carbocycles. The fourth-order valence-electron chi connectivity index (χ4n) is 3.18. The number of ketones is 1. The van der Waals surface area contributed by atoms with Crippen molar-refractivity contribution in [3.63, 3.8) is 0 Å². The highest BCUT2D eigenvalue weighted by molar-refractivity contribution is 5.97. The summed E-state index contributed by atoms with van der Waals surface area (Å²) in [5.41, 5.74) is 1.22.